The van der Waals surface area contributed by atoms with Crippen molar-refractivity contribution in [3.63, 3.8) is 0 Å². The summed E-state index contributed by atoms with van der Waals surface area (Å²) < 4.78 is 0. The number of hydrogen-bond donors (Lipinski definition) is 2. The molecule has 0 aliphatic rings. The summed E-state index contributed by atoms with van der Waals surface area (Å²) in [5, 5.41) is 22.9. The van der Waals surface area contributed by atoms with E-state index < -0.39 is 10.5 Å². The van der Waals surface area contributed by atoms with E-state index >= 15 is 0 Å². The molecule has 0 atom stereocenters. The van der Waals surface area contributed by atoms with E-state index in [-0.39, 0.29) is 18.0 Å². The van der Waals surface area contributed by atoms with Gasteiger partial charge in [0.15, 0.2) is 0 Å². The van der Waals surface area contributed by atoms with Crippen LogP contribution in [-0.2, 0) is 4.79 Å². The molecule has 2 N–H and O–H groups in total. The zero-order valence-electron chi connectivity index (χ0n) is 12.5. The highest BCUT2D eigenvalue weighted by Gasteiger charge is 2.16. The third kappa shape index (κ3) is 6.82. The van der Waals surface area contributed by atoms with Crippen molar-refractivity contribution in [1.82, 2.24) is 4.90 Å². The summed E-state index contributed by atoms with van der Waals surface area (Å²) in [5.74, 6) is -0.224. The van der Waals surface area contributed by atoms with Gasteiger partial charge in [-0.15, -0.1) is 0 Å². The van der Waals surface area contributed by atoms with Gasteiger partial charge in [-0.2, -0.15) is 0 Å². The van der Waals surface area contributed by atoms with E-state index in [4.69, 9.17) is 0 Å². The number of nitro benzene ring substituents is 1. The molecule has 7 nitrogen and oxygen atoms in total. The number of nitrogens with one attached hydrogen (secondary N) is 1. The van der Waals surface area contributed by atoms with Gasteiger partial charge in [-0.3, -0.25) is 14.9 Å². The first-order valence-corrected chi connectivity index (χ1v) is 6.62. The lowest BCUT2D eigenvalue weighted by atomic mass is 10.1. The van der Waals surface area contributed by atoms with Crippen molar-refractivity contribution < 1.29 is 14.8 Å². The Morgan fingerprint density at radius 2 is 2.14 bits per heavy atom. The van der Waals surface area contributed by atoms with Crippen LogP contribution in [0.25, 0.3) is 0 Å². The minimum Gasteiger partial charge on any atom is -0.389 e. The molecule has 1 amide bonds. The van der Waals surface area contributed by atoms with Crippen LogP contribution in [0.3, 0.4) is 0 Å². The van der Waals surface area contributed by atoms with Crippen molar-refractivity contribution in [2.45, 2.75) is 25.9 Å². The van der Waals surface area contributed by atoms with Crippen molar-refractivity contribution in [2.24, 2.45) is 0 Å². The van der Waals surface area contributed by atoms with Crippen LogP contribution in [0.4, 0.5) is 11.4 Å². The molecule has 0 unspecified atom stereocenters. The minimum atomic E-state index is -0.814. The third-order valence-electron chi connectivity index (χ3n) is 2.72. The molecule has 0 aromatic heterocycles. The topological polar surface area (TPSA) is 95.7 Å². The summed E-state index contributed by atoms with van der Waals surface area (Å²) in [6.07, 6.45) is 0.245. The molecular formula is C14H21N3O4. The molecule has 0 radical (unpaired) electrons. The molecule has 0 spiro atoms. The molecule has 0 saturated heterocycles. The van der Waals surface area contributed by atoms with Gasteiger partial charge in [0.2, 0.25) is 5.91 Å². The number of nitrogens with zero attached hydrogens (tertiary/aromatic N) is 2. The smallest absolute Gasteiger partial charge is 0.271 e. The Balaban J connectivity index is 2.47. The van der Waals surface area contributed by atoms with Gasteiger partial charge in [-0.25, -0.2) is 0 Å². The highest BCUT2D eigenvalue weighted by molar-refractivity contribution is 5.91. The maximum atomic E-state index is 11.8. The predicted molar refractivity (Wildman–Crippen MR) is 80.1 cm³/mol. The summed E-state index contributed by atoms with van der Waals surface area (Å²) in [6.45, 7) is 4.35. The maximum Gasteiger partial charge on any atom is 0.271 e. The summed E-state index contributed by atoms with van der Waals surface area (Å²) in [6, 6.07) is 5.81. The zero-order valence-corrected chi connectivity index (χ0v) is 12.5. The van der Waals surface area contributed by atoms with Gasteiger partial charge in [-0.05, 0) is 27.0 Å². The Morgan fingerprint density at radius 1 is 1.48 bits per heavy atom. The van der Waals surface area contributed by atoms with E-state index in [1.165, 1.54) is 18.2 Å². The number of benzene rings is 1. The van der Waals surface area contributed by atoms with Crippen LogP contribution in [0.5, 0.6) is 0 Å². The zero-order chi connectivity index (χ0) is 16.0. The van der Waals surface area contributed by atoms with Crippen LogP contribution < -0.4 is 5.32 Å². The van der Waals surface area contributed by atoms with Crippen LogP contribution in [0.15, 0.2) is 24.3 Å². The molecule has 0 bridgehead atoms. The summed E-state index contributed by atoms with van der Waals surface area (Å²) in [5.41, 5.74) is -0.475. The van der Waals surface area contributed by atoms with E-state index in [0.717, 1.165) is 0 Å². The van der Waals surface area contributed by atoms with Gasteiger partial charge >= 0.3 is 0 Å². The Morgan fingerprint density at radius 3 is 2.71 bits per heavy atom. The van der Waals surface area contributed by atoms with Gasteiger partial charge < -0.3 is 15.3 Å². The van der Waals surface area contributed by atoms with E-state index in [1.807, 2.05) is 11.9 Å². The highest BCUT2D eigenvalue weighted by Crippen LogP contribution is 2.17. The van der Waals surface area contributed by atoms with Crippen LogP contribution >= 0.6 is 0 Å². The summed E-state index contributed by atoms with van der Waals surface area (Å²) >= 11 is 0. The van der Waals surface area contributed by atoms with Gasteiger partial charge in [-0.1, -0.05) is 6.07 Å². The molecule has 0 aliphatic heterocycles. The first kappa shape index (κ1) is 17.1. The van der Waals surface area contributed by atoms with Crippen LogP contribution in [0, 0.1) is 10.1 Å². The lowest BCUT2D eigenvalue weighted by Gasteiger charge is -2.25. The Labute approximate surface area is 123 Å². The number of rotatable bonds is 7. The number of carbonyl (C=O) groups excluding carboxylic acids is 1. The Hall–Kier alpha value is -1.99. The van der Waals surface area contributed by atoms with Gasteiger partial charge in [0.05, 0.1) is 10.5 Å². The fraction of sp³-hybridized carbons (Fsp3) is 0.500. The predicted octanol–water partition coefficient (Wildman–Crippen LogP) is 1.63. The lowest BCUT2D eigenvalue weighted by Crippen LogP contribution is -2.37. The fourth-order valence-electron chi connectivity index (χ4n) is 1.95. The average molecular weight is 295 g/mol. The van der Waals surface area contributed by atoms with Crippen LogP contribution in [0.1, 0.15) is 20.3 Å². The van der Waals surface area contributed by atoms with Crippen molar-refractivity contribution in [3.05, 3.63) is 34.4 Å². The molecule has 1 rings (SSSR count). The lowest BCUT2D eigenvalue weighted by molar-refractivity contribution is -0.384. The standard InChI is InChI=1S/C14H21N3O4/c1-14(2,19)10-16(3)8-7-13(18)15-11-5-4-6-12(9-11)17(20)21/h4-6,9,19H,7-8,10H2,1-3H3,(H,15,18). The number of amides is 1. The van der Waals surface area contributed by atoms with Gasteiger partial charge in [0.1, 0.15) is 0 Å². The second-order valence-corrected chi connectivity index (χ2v) is 5.66. The molecule has 0 saturated carbocycles. The van der Waals surface area contributed by atoms with Crippen LogP contribution in [0.2, 0.25) is 0 Å². The molecule has 116 valence electrons. The quantitative estimate of drug-likeness (QED) is 0.588. The largest absolute Gasteiger partial charge is 0.389 e. The van der Waals surface area contributed by atoms with E-state index in [9.17, 15) is 20.0 Å². The van der Waals surface area contributed by atoms with E-state index in [1.54, 1.807) is 19.9 Å². The maximum absolute atomic E-state index is 11.8. The number of aliphatic hydroxyl groups is 1. The van der Waals surface area contributed by atoms with Crippen LogP contribution in [-0.4, -0.2) is 46.6 Å². The van der Waals surface area contributed by atoms with Crippen molar-refractivity contribution in [3.8, 4) is 0 Å². The molecule has 0 heterocycles. The van der Waals surface area contributed by atoms with E-state index in [2.05, 4.69) is 5.32 Å². The second-order valence-electron chi connectivity index (χ2n) is 5.66. The number of carbonyl (C=O) groups is 1. The number of anilines is 1. The molecule has 7 heteroatoms. The second kappa shape index (κ2) is 7.14. The molecule has 1 aromatic rings. The average Bonchev–Trinajstić information content (AvgIpc) is 2.34. The third-order valence-corrected chi connectivity index (χ3v) is 2.72. The summed E-state index contributed by atoms with van der Waals surface area (Å²) in [7, 11) is 1.82. The first-order chi connectivity index (χ1) is 9.67. The number of likely N-dealkylation sites (N-methyl/N-ethyl adjacent to an activating group) is 1. The molecule has 0 fully saturated rings. The SMILES string of the molecule is CN(CCC(=O)Nc1cccc([N+](=O)[O-])c1)CC(C)(C)O. The van der Waals surface area contributed by atoms with Crippen molar-refractivity contribution >= 4 is 17.3 Å². The van der Waals surface area contributed by atoms with E-state index in [0.29, 0.717) is 18.8 Å². The number of hydrogen-bond acceptors (Lipinski definition) is 5. The monoisotopic (exact) mass is 295 g/mol. The molecule has 21 heavy (non-hydrogen) atoms. The van der Waals surface area contributed by atoms with Gasteiger partial charge in [0.25, 0.3) is 5.69 Å². The number of nitro groups is 1. The Bertz CT molecular complexity index is 511. The molecule has 0 aliphatic carbocycles. The van der Waals surface area contributed by atoms with Crippen molar-refractivity contribution in [2.75, 3.05) is 25.5 Å². The fourth-order valence-corrected chi connectivity index (χ4v) is 1.95. The minimum absolute atomic E-state index is 0.0630. The first-order valence-electron chi connectivity index (χ1n) is 6.62. The molecular weight excluding hydrogens is 274 g/mol. The molecule has 1 aromatic carbocycles. The highest BCUT2D eigenvalue weighted by atomic mass is 16.6. The van der Waals surface area contributed by atoms with Gasteiger partial charge in [0, 0.05) is 37.3 Å². The Kier molecular flexibility index (Phi) is 5.80. The normalized spacial score (nSPS) is 11.5. The summed E-state index contributed by atoms with van der Waals surface area (Å²) in [4.78, 5) is 23.8. The number of non-ortho nitro benzene ring substituents is 1. The van der Waals surface area contributed by atoms with Crippen molar-refractivity contribution in [1.29, 1.82) is 0 Å².